The fraction of sp³-hybridized carbons (Fsp3) is 1.00. The van der Waals surface area contributed by atoms with Crippen molar-refractivity contribution in [3.8, 4) is 0 Å². The molecule has 0 aliphatic rings. The normalized spacial score (nSPS) is 26.1. The molecule has 0 heterocycles. The summed E-state index contributed by atoms with van der Waals surface area (Å²) >= 11 is 0. The zero-order valence-corrected chi connectivity index (χ0v) is 8.11. The predicted molar refractivity (Wildman–Crippen MR) is 44.6 cm³/mol. The molecule has 0 aromatic carbocycles. The van der Waals surface area contributed by atoms with Crippen molar-refractivity contribution in [3.05, 3.63) is 0 Å². The van der Waals surface area contributed by atoms with Crippen LogP contribution in [0.15, 0.2) is 0 Å². The monoisotopic (exact) mass is 185 g/mol. The van der Waals surface area contributed by atoms with Crippen molar-refractivity contribution in [2.45, 2.75) is 33.8 Å². The molecule has 0 aromatic heterocycles. The summed E-state index contributed by atoms with van der Waals surface area (Å²) in [6.45, 7) is 3.55. The summed E-state index contributed by atoms with van der Waals surface area (Å²) in [4.78, 5) is 0. The Morgan fingerprint density at radius 2 is 2.09 bits per heavy atom. The van der Waals surface area contributed by atoms with Crippen LogP contribution in [0.3, 0.4) is 0 Å². The molecular weight excluding hydrogens is 166 g/mol. The van der Waals surface area contributed by atoms with Crippen LogP contribution in [0, 0.1) is 5.41 Å². The third kappa shape index (κ3) is 5.40. The van der Waals surface area contributed by atoms with E-state index < -0.39 is 25.8 Å². The first-order chi connectivity index (χ1) is 5.88. The van der Waals surface area contributed by atoms with Crippen LogP contribution < -0.4 is 0 Å². The van der Waals surface area contributed by atoms with Crippen molar-refractivity contribution < 1.29 is 17.4 Å². The van der Waals surface area contributed by atoms with E-state index in [1.54, 1.807) is 20.8 Å². The molecule has 2 atom stereocenters. The first-order valence-corrected chi connectivity index (χ1v) is 4.88. The maximum absolute atomic E-state index is 13.1. The number of halogens is 1. The van der Waals surface area contributed by atoms with E-state index >= 15 is 0 Å². The van der Waals surface area contributed by atoms with Crippen molar-refractivity contribution >= 4 is 7.68 Å². The molecule has 4 heteroatoms. The summed E-state index contributed by atoms with van der Waals surface area (Å²) < 4.78 is 48.8. The van der Waals surface area contributed by atoms with Gasteiger partial charge in [0.25, 0.3) is 0 Å². The highest BCUT2D eigenvalue weighted by molar-refractivity contribution is 7.52. The average Bonchev–Trinajstić information content (AvgIpc) is 1.80. The number of hydrogen-bond donors (Lipinski definition) is 0. The Labute approximate surface area is 71.9 Å². The standard InChI is InChI=1S/C7H16FO2P/c1-6(7(2,3)4)10-11(5,8)9/h6H,1-5H3/i5D3. The molecule has 0 aromatic rings. The lowest BCUT2D eigenvalue weighted by atomic mass is 9.91. The summed E-state index contributed by atoms with van der Waals surface area (Å²) in [7, 11) is -5.03. The van der Waals surface area contributed by atoms with Gasteiger partial charge < -0.3 is 4.52 Å². The van der Waals surface area contributed by atoms with E-state index in [0.717, 1.165) is 0 Å². The minimum Gasteiger partial charge on any atom is -0.302 e. The van der Waals surface area contributed by atoms with Crippen LogP contribution in [0.4, 0.5) is 4.20 Å². The molecule has 0 spiro atoms. The second kappa shape index (κ2) is 3.24. The van der Waals surface area contributed by atoms with E-state index in [2.05, 4.69) is 4.52 Å². The maximum Gasteiger partial charge on any atom is 0.364 e. The Bertz CT molecular complexity index is 246. The molecule has 0 aliphatic carbocycles. The number of hydrogen-bond acceptors (Lipinski definition) is 2. The molecular formula is C7H16FO2P. The second-order valence-corrected chi connectivity index (χ2v) is 4.76. The summed E-state index contributed by atoms with van der Waals surface area (Å²) in [5.41, 5.74) is -0.451. The molecule has 11 heavy (non-hydrogen) atoms. The topological polar surface area (TPSA) is 26.3 Å². The quantitative estimate of drug-likeness (QED) is 0.617. The van der Waals surface area contributed by atoms with Crippen LogP contribution in [-0.4, -0.2) is 12.7 Å². The van der Waals surface area contributed by atoms with E-state index in [9.17, 15) is 8.76 Å². The Balaban J connectivity index is 4.63. The molecule has 2 unspecified atom stereocenters. The van der Waals surface area contributed by atoms with Gasteiger partial charge in [0.15, 0.2) is 0 Å². The molecule has 0 saturated heterocycles. The Hall–Kier alpha value is 0.120. The fourth-order valence-electron chi connectivity index (χ4n) is 0.361. The summed E-state index contributed by atoms with van der Waals surface area (Å²) in [6.07, 6.45) is -0.723. The van der Waals surface area contributed by atoms with Gasteiger partial charge in [-0.2, -0.15) is 4.20 Å². The minimum absolute atomic E-state index is 0.451. The molecule has 0 N–H and O–H groups in total. The van der Waals surface area contributed by atoms with Gasteiger partial charge in [-0.3, -0.25) is 4.57 Å². The molecule has 0 radical (unpaired) electrons. The lowest BCUT2D eigenvalue weighted by molar-refractivity contribution is 0.0989. The SMILES string of the molecule is [2H]C([2H])([2H])P(=O)(F)OC(C)C(C)(C)C. The highest BCUT2D eigenvalue weighted by Crippen LogP contribution is 2.47. The fourth-order valence-corrected chi connectivity index (χ4v) is 1.08. The highest BCUT2D eigenvalue weighted by atomic mass is 31.2. The van der Waals surface area contributed by atoms with Gasteiger partial charge in [0, 0.05) is 10.7 Å². The molecule has 2 nitrogen and oxygen atoms in total. The Morgan fingerprint density at radius 1 is 1.64 bits per heavy atom. The van der Waals surface area contributed by atoms with Crippen molar-refractivity contribution in [1.82, 2.24) is 0 Å². The van der Waals surface area contributed by atoms with E-state index in [1.807, 2.05) is 0 Å². The summed E-state index contributed by atoms with van der Waals surface area (Å²) in [5.74, 6) is 0. The lowest BCUT2D eigenvalue weighted by Crippen LogP contribution is -2.24. The molecule has 0 aliphatic heterocycles. The molecule has 0 rings (SSSR count). The minimum atomic E-state index is -5.03. The largest absolute Gasteiger partial charge is 0.364 e. The Kier molecular flexibility index (Phi) is 1.95. The predicted octanol–water partition coefficient (Wildman–Crippen LogP) is 3.23. The van der Waals surface area contributed by atoms with E-state index in [0.29, 0.717) is 0 Å². The van der Waals surface area contributed by atoms with Crippen molar-refractivity contribution in [1.29, 1.82) is 0 Å². The highest BCUT2D eigenvalue weighted by Gasteiger charge is 2.27. The van der Waals surface area contributed by atoms with Crippen LogP contribution >= 0.6 is 7.68 Å². The van der Waals surface area contributed by atoms with Crippen molar-refractivity contribution in [3.63, 3.8) is 0 Å². The van der Waals surface area contributed by atoms with E-state index in [4.69, 9.17) is 4.11 Å². The van der Waals surface area contributed by atoms with Gasteiger partial charge >= 0.3 is 7.68 Å². The van der Waals surface area contributed by atoms with Crippen LogP contribution in [0.5, 0.6) is 0 Å². The molecule has 0 amide bonds. The Morgan fingerprint density at radius 3 is 2.36 bits per heavy atom. The van der Waals surface area contributed by atoms with Crippen molar-refractivity contribution in [2.24, 2.45) is 5.41 Å². The van der Waals surface area contributed by atoms with Crippen LogP contribution in [0.1, 0.15) is 31.8 Å². The molecule has 0 fully saturated rings. The first-order valence-electron chi connectivity index (χ1n) is 4.86. The van der Waals surface area contributed by atoms with Gasteiger partial charge in [-0.1, -0.05) is 20.8 Å². The second-order valence-electron chi connectivity index (χ2n) is 3.59. The van der Waals surface area contributed by atoms with Gasteiger partial charge in [-0.25, -0.2) is 0 Å². The zero-order chi connectivity index (χ0) is 11.8. The van der Waals surface area contributed by atoms with Crippen LogP contribution in [-0.2, 0) is 9.09 Å². The van der Waals surface area contributed by atoms with Gasteiger partial charge in [0.05, 0.1) is 6.10 Å². The third-order valence-electron chi connectivity index (χ3n) is 1.51. The van der Waals surface area contributed by atoms with Crippen LogP contribution in [0.2, 0.25) is 0 Å². The molecule has 0 saturated carbocycles. The number of rotatable bonds is 2. The van der Waals surface area contributed by atoms with E-state index in [-0.39, 0.29) is 0 Å². The first kappa shape index (κ1) is 6.62. The average molecular weight is 185 g/mol. The molecule has 0 bridgehead atoms. The van der Waals surface area contributed by atoms with Gasteiger partial charge in [-0.15, -0.1) is 0 Å². The smallest absolute Gasteiger partial charge is 0.302 e. The third-order valence-corrected chi connectivity index (χ3v) is 2.10. The van der Waals surface area contributed by atoms with Crippen LogP contribution in [0.25, 0.3) is 0 Å². The lowest BCUT2D eigenvalue weighted by Gasteiger charge is -2.27. The van der Waals surface area contributed by atoms with Gasteiger partial charge in [-0.05, 0) is 12.3 Å². The van der Waals surface area contributed by atoms with Gasteiger partial charge in [0.1, 0.15) is 0 Å². The van der Waals surface area contributed by atoms with E-state index in [1.165, 1.54) is 6.92 Å². The zero-order valence-electron chi connectivity index (χ0n) is 10.2. The van der Waals surface area contributed by atoms with Gasteiger partial charge in [0.2, 0.25) is 0 Å². The summed E-state index contributed by atoms with van der Waals surface area (Å²) in [5, 5.41) is 0. The maximum atomic E-state index is 13.1. The summed E-state index contributed by atoms with van der Waals surface area (Å²) in [6, 6.07) is 0. The molecule has 68 valence electrons. The van der Waals surface area contributed by atoms with Crippen molar-refractivity contribution in [2.75, 3.05) is 6.59 Å².